The lowest BCUT2D eigenvalue weighted by Crippen LogP contribution is -2.52. The third-order valence-corrected chi connectivity index (χ3v) is 6.37. The van der Waals surface area contributed by atoms with Crippen molar-refractivity contribution in [2.24, 2.45) is 0 Å². The third kappa shape index (κ3) is 5.61. The number of aliphatic hydroxyl groups is 1. The molecule has 3 aromatic rings. The number of methoxy groups -OCH3 is 1. The van der Waals surface area contributed by atoms with E-state index in [1.54, 1.807) is 30.1 Å². The summed E-state index contributed by atoms with van der Waals surface area (Å²) in [5.74, 6) is 0.962. The maximum atomic E-state index is 13.6. The molecule has 1 aliphatic rings. The molecule has 35 heavy (non-hydrogen) atoms. The van der Waals surface area contributed by atoms with Crippen LogP contribution in [0.25, 0.3) is 22.3 Å². The molecule has 0 aliphatic carbocycles. The van der Waals surface area contributed by atoms with Crippen molar-refractivity contribution < 1.29 is 14.6 Å². The molecular weight excluding hydrogens is 448 g/mol. The van der Waals surface area contributed by atoms with Gasteiger partial charge in [0, 0.05) is 63.2 Å². The normalized spacial score (nSPS) is 15.5. The molecule has 0 aromatic carbocycles. The summed E-state index contributed by atoms with van der Waals surface area (Å²) in [5, 5.41) is 9.47. The zero-order chi connectivity index (χ0) is 24.8. The van der Waals surface area contributed by atoms with E-state index in [2.05, 4.69) is 21.8 Å². The summed E-state index contributed by atoms with van der Waals surface area (Å²) in [5.41, 5.74) is 2.77. The van der Waals surface area contributed by atoms with Crippen molar-refractivity contribution in [1.29, 1.82) is 0 Å². The van der Waals surface area contributed by atoms with Gasteiger partial charge in [-0.2, -0.15) is 0 Å². The molecule has 4 heterocycles. The maximum Gasteiger partial charge on any atom is 0.294 e. The Labute approximate surface area is 205 Å². The monoisotopic (exact) mass is 482 g/mol. The Morgan fingerprint density at radius 1 is 1.11 bits per heavy atom. The van der Waals surface area contributed by atoms with Gasteiger partial charge in [-0.05, 0) is 25.5 Å². The predicted molar refractivity (Wildman–Crippen MR) is 135 cm³/mol. The zero-order valence-electron chi connectivity index (χ0n) is 20.7. The Bertz CT molecular complexity index is 1180. The molecular formula is C25H34N6O4. The number of aliphatic hydroxyl groups excluding tert-OH is 1. The van der Waals surface area contributed by atoms with E-state index in [0.717, 1.165) is 25.1 Å². The lowest BCUT2D eigenvalue weighted by atomic mass is 10.1. The van der Waals surface area contributed by atoms with Crippen molar-refractivity contribution in [3.05, 3.63) is 40.9 Å². The van der Waals surface area contributed by atoms with E-state index in [0.29, 0.717) is 61.3 Å². The first-order chi connectivity index (χ1) is 17.0. The number of anilines is 1. The first-order valence-electron chi connectivity index (χ1n) is 12.1. The summed E-state index contributed by atoms with van der Waals surface area (Å²) < 4.78 is 12.6. The lowest BCUT2D eigenvalue weighted by molar-refractivity contribution is 0.126. The Kier molecular flexibility index (Phi) is 8.27. The highest BCUT2D eigenvalue weighted by Crippen LogP contribution is 2.23. The molecule has 1 aliphatic heterocycles. The van der Waals surface area contributed by atoms with Crippen molar-refractivity contribution in [1.82, 2.24) is 24.4 Å². The van der Waals surface area contributed by atoms with E-state index in [-0.39, 0.29) is 18.2 Å². The van der Waals surface area contributed by atoms with Crippen LogP contribution in [-0.4, -0.2) is 88.7 Å². The highest BCUT2D eigenvalue weighted by molar-refractivity contribution is 5.80. The van der Waals surface area contributed by atoms with Crippen LogP contribution in [0.3, 0.4) is 0 Å². The highest BCUT2D eigenvalue weighted by atomic mass is 16.5. The first kappa shape index (κ1) is 25.0. The molecule has 0 saturated carbocycles. The van der Waals surface area contributed by atoms with Gasteiger partial charge in [0.2, 0.25) is 5.88 Å². The fourth-order valence-electron chi connectivity index (χ4n) is 4.26. The largest absolute Gasteiger partial charge is 0.481 e. The summed E-state index contributed by atoms with van der Waals surface area (Å²) in [6.07, 6.45) is 4.34. The SMILES string of the molecule is CCCOCCn1c(=O)c(N2CCN([C@@H](C)CO)CC2)nc2cnc(-c3ccc(OC)nc3)cc21. The standard InChI is InChI=1S/C25H34N6O4/c1-4-12-35-13-11-31-22-14-20(19-5-6-23(34-3)27-15-19)26-16-21(22)28-24(25(31)33)30-9-7-29(8-10-30)18(2)17-32/h5-6,14-16,18,32H,4,7-13,17H2,1-3H3/t18-/m0/s1. The van der Waals surface area contributed by atoms with Crippen LogP contribution in [0.4, 0.5) is 5.82 Å². The Balaban J connectivity index is 1.69. The second-order valence-corrected chi connectivity index (χ2v) is 8.71. The van der Waals surface area contributed by atoms with Gasteiger partial charge in [-0.3, -0.25) is 14.7 Å². The molecule has 0 bridgehead atoms. The predicted octanol–water partition coefficient (Wildman–Crippen LogP) is 1.79. The van der Waals surface area contributed by atoms with Gasteiger partial charge in [-0.25, -0.2) is 9.97 Å². The molecule has 10 heteroatoms. The quantitative estimate of drug-likeness (QED) is 0.433. The molecule has 0 amide bonds. The van der Waals surface area contributed by atoms with E-state index in [4.69, 9.17) is 14.5 Å². The molecule has 0 unspecified atom stereocenters. The molecule has 3 aromatic heterocycles. The van der Waals surface area contributed by atoms with Crippen LogP contribution in [0.5, 0.6) is 5.88 Å². The van der Waals surface area contributed by atoms with Gasteiger partial charge in [0.05, 0.1) is 37.7 Å². The Morgan fingerprint density at radius 3 is 2.57 bits per heavy atom. The molecule has 1 fully saturated rings. The number of aromatic nitrogens is 4. The fourth-order valence-corrected chi connectivity index (χ4v) is 4.26. The number of piperazine rings is 1. The maximum absolute atomic E-state index is 13.6. The van der Waals surface area contributed by atoms with E-state index < -0.39 is 0 Å². The molecule has 1 saturated heterocycles. The van der Waals surface area contributed by atoms with E-state index in [1.807, 2.05) is 24.0 Å². The second kappa shape index (κ2) is 11.6. The van der Waals surface area contributed by atoms with Crippen LogP contribution in [0, 0.1) is 0 Å². The molecule has 1 N–H and O–H groups in total. The topological polar surface area (TPSA) is 106 Å². The van der Waals surface area contributed by atoms with Gasteiger partial charge in [-0.1, -0.05) is 6.92 Å². The minimum atomic E-state index is -0.133. The fraction of sp³-hybridized carbons (Fsp3) is 0.520. The molecule has 0 spiro atoms. The minimum absolute atomic E-state index is 0.101. The average molecular weight is 483 g/mol. The van der Waals surface area contributed by atoms with E-state index in [1.165, 1.54) is 0 Å². The average Bonchev–Trinajstić information content (AvgIpc) is 2.91. The Morgan fingerprint density at radius 2 is 1.91 bits per heavy atom. The molecule has 4 rings (SSSR count). The molecule has 188 valence electrons. The Hall–Kier alpha value is -3.08. The molecule has 1 atom stereocenters. The number of hydrogen-bond acceptors (Lipinski definition) is 9. The van der Waals surface area contributed by atoms with Crippen LogP contribution in [0.1, 0.15) is 20.3 Å². The van der Waals surface area contributed by atoms with Crippen LogP contribution < -0.4 is 15.2 Å². The first-order valence-corrected chi connectivity index (χ1v) is 12.1. The molecule has 0 radical (unpaired) electrons. The summed E-state index contributed by atoms with van der Waals surface area (Å²) in [7, 11) is 1.58. The molecule has 10 nitrogen and oxygen atoms in total. The summed E-state index contributed by atoms with van der Waals surface area (Å²) >= 11 is 0. The van der Waals surface area contributed by atoms with Gasteiger partial charge in [0.1, 0.15) is 5.52 Å². The third-order valence-electron chi connectivity index (χ3n) is 6.37. The zero-order valence-corrected chi connectivity index (χ0v) is 20.7. The van der Waals surface area contributed by atoms with Crippen molar-refractivity contribution in [3.63, 3.8) is 0 Å². The summed E-state index contributed by atoms with van der Waals surface area (Å²) in [4.78, 5) is 31.5. The smallest absolute Gasteiger partial charge is 0.294 e. The van der Waals surface area contributed by atoms with Gasteiger partial charge in [0.25, 0.3) is 5.56 Å². The number of pyridine rings is 2. The summed E-state index contributed by atoms with van der Waals surface area (Å²) in [6, 6.07) is 5.66. The highest BCUT2D eigenvalue weighted by Gasteiger charge is 2.24. The minimum Gasteiger partial charge on any atom is -0.481 e. The van der Waals surface area contributed by atoms with Gasteiger partial charge in [-0.15, -0.1) is 0 Å². The van der Waals surface area contributed by atoms with Crippen molar-refractivity contribution in [2.45, 2.75) is 32.9 Å². The number of fused-ring (bicyclic) bond motifs is 1. The number of rotatable bonds is 10. The van der Waals surface area contributed by atoms with Crippen LogP contribution in [-0.2, 0) is 11.3 Å². The van der Waals surface area contributed by atoms with E-state index in [9.17, 15) is 9.90 Å². The van der Waals surface area contributed by atoms with Crippen LogP contribution >= 0.6 is 0 Å². The van der Waals surface area contributed by atoms with Gasteiger partial charge in [0.15, 0.2) is 5.82 Å². The van der Waals surface area contributed by atoms with Crippen molar-refractivity contribution in [3.8, 4) is 17.1 Å². The summed E-state index contributed by atoms with van der Waals surface area (Å²) in [6.45, 7) is 8.59. The van der Waals surface area contributed by atoms with Crippen molar-refractivity contribution in [2.75, 3.05) is 58.0 Å². The van der Waals surface area contributed by atoms with E-state index >= 15 is 0 Å². The van der Waals surface area contributed by atoms with Crippen LogP contribution in [0.15, 0.2) is 35.4 Å². The second-order valence-electron chi connectivity index (χ2n) is 8.71. The van der Waals surface area contributed by atoms with Gasteiger partial charge < -0.3 is 24.0 Å². The van der Waals surface area contributed by atoms with Crippen molar-refractivity contribution >= 4 is 16.9 Å². The lowest BCUT2D eigenvalue weighted by Gasteiger charge is -2.37. The number of hydrogen-bond donors (Lipinski definition) is 1. The number of ether oxygens (including phenoxy) is 2. The van der Waals surface area contributed by atoms with Crippen LogP contribution in [0.2, 0.25) is 0 Å². The number of nitrogens with zero attached hydrogens (tertiary/aromatic N) is 6. The van der Waals surface area contributed by atoms with Gasteiger partial charge >= 0.3 is 0 Å².